The first-order valence-electron chi connectivity index (χ1n) is 14.9. The molecular weight excluding hydrogens is 567 g/mol. The topological polar surface area (TPSA) is 90.0 Å². The van der Waals surface area contributed by atoms with E-state index in [4.69, 9.17) is 0 Å². The third-order valence-electron chi connectivity index (χ3n) is 8.29. The molecule has 43 heavy (non-hydrogen) atoms. The lowest BCUT2D eigenvalue weighted by Crippen LogP contribution is -2.52. The standard InChI is InChI=1S/C33H39FN4O4S/c1-3-26-6-4-5-7-31(26)35-33(40)36-20-18-28(19-21-36)37(22-25-10-12-27(34)13-11-25)32(39)23-38(29-14-15-29)43(41,42)30-16-8-24(2)9-17-30/h4-13,16-17,28-29H,3,14-15,18-23H2,1-2H3,(H,35,40). The van der Waals surface area contributed by atoms with Crippen LogP contribution >= 0.6 is 0 Å². The van der Waals surface area contributed by atoms with E-state index in [1.165, 1.54) is 16.4 Å². The SMILES string of the molecule is CCc1ccccc1NC(=O)N1CCC(N(Cc2ccc(F)cc2)C(=O)CN(C2CC2)S(=O)(=O)c2ccc(C)cc2)CC1. The fourth-order valence-electron chi connectivity index (χ4n) is 5.58. The zero-order chi connectivity index (χ0) is 30.6. The van der Waals surface area contributed by atoms with E-state index in [-0.39, 0.29) is 47.8 Å². The number of carbonyl (C=O) groups is 2. The normalized spacial score (nSPS) is 15.9. The number of amides is 3. The Morgan fingerprint density at radius 3 is 2.19 bits per heavy atom. The van der Waals surface area contributed by atoms with Gasteiger partial charge in [0.1, 0.15) is 5.82 Å². The molecule has 3 aromatic rings. The molecule has 3 amide bonds. The Morgan fingerprint density at radius 2 is 1.56 bits per heavy atom. The van der Waals surface area contributed by atoms with Gasteiger partial charge in [-0.15, -0.1) is 0 Å². The molecule has 228 valence electrons. The molecule has 1 heterocycles. The first kappa shape index (κ1) is 30.7. The molecule has 10 heteroatoms. The van der Waals surface area contributed by atoms with Crippen LogP contribution in [0.1, 0.15) is 49.3 Å². The summed E-state index contributed by atoms with van der Waals surface area (Å²) in [5, 5.41) is 3.02. The fraction of sp³-hybridized carbons (Fsp3) is 0.394. The zero-order valence-electron chi connectivity index (χ0n) is 24.7. The van der Waals surface area contributed by atoms with Gasteiger partial charge < -0.3 is 15.1 Å². The molecule has 0 radical (unpaired) electrons. The smallest absolute Gasteiger partial charge is 0.321 e. The maximum absolute atomic E-state index is 14.0. The average Bonchev–Trinajstić information content (AvgIpc) is 3.85. The number of para-hydroxylation sites is 1. The largest absolute Gasteiger partial charge is 0.334 e. The summed E-state index contributed by atoms with van der Waals surface area (Å²) < 4.78 is 42.2. The molecule has 0 atom stereocenters. The number of nitrogens with one attached hydrogen (secondary N) is 1. The lowest BCUT2D eigenvalue weighted by Gasteiger charge is -2.39. The van der Waals surface area contributed by atoms with Crippen molar-refractivity contribution in [3.63, 3.8) is 0 Å². The van der Waals surface area contributed by atoms with Crippen molar-refractivity contribution >= 4 is 27.6 Å². The van der Waals surface area contributed by atoms with Crippen LogP contribution in [0, 0.1) is 12.7 Å². The maximum Gasteiger partial charge on any atom is 0.321 e. The molecular formula is C33H39FN4O4S. The highest BCUT2D eigenvalue weighted by molar-refractivity contribution is 7.89. The number of anilines is 1. The van der Waals surface area contributed by atoms with E-state index in [0.717, 1.165) is 28.8 Å². The summed E-state index contributed by atoms with van der Waals surface area (Å²) in [7, 11) is -3.87. The van der Waals surface area contributed by atoms with Gasteiger partial charge >= 0.3 is 6.03 Å². The third-order valence-corrected chi connectivity index (χ3v) is 10.2. The number of aryl methyl sites for hydroxylation is 2. The highest BCUT2D eigenvalue weighted by Gasteiger charge is 2.41. The van der Waals surface area contributed by atoms with Gasteiger partial charge in [-0.05, 0) is 80.5 Å². The van der Waals surface area contributed by atoms with Crippen molar-refractivity contribution in [3.05, 3.63) is 95.3 Å². The summed E-state index contributed by atoms with van der Waals surface area (Å²) in [6.45, 7) is 4.79. The highest BCUT2D eigenvalue weighted by Crippen LogP contribution is 2.33. The molecule has 0 unspecified atom stereocenters. The number of benzene rings is 3. The molecule has 1 aliphatic carbocycles. The first-order valence-corrected chi connectivity index (χ1v) is 16.4. The number of rotatable bonds is 10. The van der Waals surface area contributed by atoms with E-state index in [2.05, 4.69) is 5.32 Å². The van der Waals surface area contributed by atoms with Gasteiger partial charge in [0.25, 0.3) is 0 Å². The average molecular weight is 607 g/mol. The van der Waals surface area contributed by atoms with Crippen molar-refractivity contribution in [3.8, 4) is 0 Å². The molecule has 3 aromatic carbocycles. The Bertz CT molecular complexity index is 1530. The molecule has 1 N–H and O–H groups in total. The van der Waals surface area contributed by atoms with Crippen molar-refractivity contribution in [1.29, 1.82) is 0 Å². The van der Waals surface area contributed by atoms with E-state index < -0.39 is 10.0 Å². The molecule has 2 fully saturated rings. The molecule has 5 rings (SSSR count). The van der Waals surface area contributed by atoms with Crippen LogP contribution in [0.15, 0.2) is 77.7 Å². The maximum atomic E-state index is 14.0. The monoisotopic (exact) mass is 606 g/mol. The van der Waals surface area contributed by atoms with E-state index >= 15 is 0 Å². The van der Waals surface area contributed by atoms with Crippen molar-refractivity contribution in [2.24, 2.45) is 0 Å². The third kappa shape index (κ3) is 7.43. The quantitative estimate of drug-likeness (QED) is 0.327. The lowest BCUT2D eigenvalue weighted by atomic mass is 10.0. The van der Waals surface area contributed by atoms with Gasteiger partial charge in [-0.2, -0.15) is 4.31 Å². The van der Waals surface area contributed by atoms with Crippen LogP contribution in [-0.4, -0.2) is 66.2 Å². The second-order valence-electron chi connectivity index (χ2n) is 11.4. The lowest BCUT2D eigenvalue weighted by molar-refractivity contribution is -0.135. The fourth-order valence-corrected chi connectivity index (χ4v) is 7.21. The minimum atomic E-state index is -3.87. The number of likely N-dealkylation sites (tertiary alicyclic amines) is 1. The molecule has 0 spiro atoms. The number of hydrogen-bond acceptors (Lipinski definition) is 4. The van der Waals surface area contributed by atoms with Gasteiger partial charge in [0, 0.05) is 37.4 Å². The second kappa shape index (κ2) is 13.3. The predicted molar refractivity (Wildman–Crippen MR) is 164 cm³/mol. The molecule has 0 aromatic heterocycles. The Morgan fingerprint density at radius 1 is 0.907 bits per heavy atom. The van der Waals surface area contributed by atoms with Crippen LogP contribution in [0.5, 0.6) is 0 Å². The van der Waals surface area contributed by atoms with Gasteiger partial charge in [0.05, 0.1) is 11.4 Å². The van der Waals surface area contributed by atoms with Crippen LogP contribution in [0.25, 0.3) is 0 Å². The molecule has 2 aliphatic rings. The highest BCUT2D eigenvalue weighted by atomic mass is 32.2. The predicted octanol–water partition coefficient (Wildman–Crippen LogP) is 5.57. The Kier molecular flexibility index (Phi) is 9.46. The first-order chi connectivity index (χ1) is 20.7. The van der Waals surface area contributed by atoms with Crippen LogP contribution in [0.3, 0.4) is 0 Å². The second-order valence-corrected chi connectivity index (χ2v) is 13.3. The number of hydrogen-bond donors (Lipinski definition) is 1. The van der Waals surface area contributed by atoms with Gasteiger partial charge in [-0.25, -0.2) is 17.6 Å². The van der Waals surface area contributed by atoms with E-state index in [9.17, 15) is 22.4 Å². The van der Waals surface area contributed by atoms with E-state index in [0.29, 0.717) is 38.8 Å². The van der Waals surface area contributed by atoms with Crippen LogP contribution in [-0.2, 0) is 27.8 Å². The van der Waals surface area contributed by atoms with Gasteiger partial charge in [-0.1, -0.05) is 55.0 Å². The number of halogens is 1. The summed E-state index contributed by atoms with van der Waals surface area (Å²) in [4.78, 5) is 30.7. The number of sulfonamides is 1. The van der Waals surface area contributed by atoms with E-state index in [1.54, 1.807) is 46.2 Å². The summed E-state index contributed by atoms with van der Waals surface area (Å²) in [5.41, 5.74) is 3.56. The molecule has 8 nitrogen and oxygen atoms in total. The van der Waals surface area contributed by atoms with Gasteiger partial charge in [-0.3, -0.25) is 4.79 Å². The summed E-state index contributed by atoms with van der Waals surface area (Å²) in [6, 6.07) is 19.8. The van der Waals surface area contributed by atoms with Crippen molar-refractivity contribution in [1.82, 2.24) is 14.1 Å². The van der Waals surface area contributed by atoms with Crippen molar-refractivity contribution in [2.75, 3.05) is 25.0 Å². The van der Waals surface area contributed by atoms with Gasteiger partial charge in [0.2, 0.25) is 15.9 Å². The van der Waals surface area contributed by atoms with Crippen molar-refractivity contribution < 1.29 is 22.4 Å². The molecule has 1 saturated carbocycles. The number of carbonyl (C=O) groups excluding carboxylic acids is 2. The number of urea groups is 1. The molecule has 0 bridgehead atoms. The van der Waals surface area contributed by atoms with E-state index in [1.807, 2.05) is 38.1 Å². The molecule has 1 aliphatic heterocycles. The zero-order valence-corrected chi connectivity index (χ0v) is 25.5. The summed E-state index contributed by atoms with van der Waals surface area (Å²) in [5.74, 6) is -0.665. The number of piperidine rings is 1. The van der Waals surface area contributed by atoms with Crippen molar-refractivity contribution in [2.45, 2.75) is 69.5 Å². The van der Waals surface area contributed by atoms with Crippen LogP contribution in [0.4, 0.5) is 14.9 Å². The Labute approximate surface area is 253 Å². The van der Waals surface area contributed by atoms with Crippen LogP contribution in [0.2, 0.25) is 0 Å². The number of nitrogens with zero attached hydrogens (tertiary/aromatic N) is 3. The molecule has 1 saturated heterocycles. The van der Waals surface area contributed by atoms with Crippen LogP contribution < -0.4 is 5.32 Å². The summed E-state index contributed by atoms with van der Waals surface area (Å²) in [6.07, 6.45) is 3.32. The minimum absolute atomic E-state index is 0.173. The summed E-state index contributed by atoms with van der Waals surface area (Å²) >= 11 is 0. The Balaban J connectivity index is 1.31. The minimum Gasteiger partial charge on any atom is -0.334 e. The Hall–Kier alpha value is -3.76. The van der Waals surface area contributed by atoms with Gasteiger partial charge in [0.15, 0.2) is 0 Å².